The van der Waals surface area contributed by atoms with Crippen molar-refractivity contribution in [3.8, 4) is 0 Å². The molecule has 0 amide bonds. The quantitative estimate of drug-likeness (QED) is 0.281. The van der Waals surface area contributed by atoms with Crippen LogP contribution < -0.4 is 51.4 Å². The van der Waals surface area contributed by atoms with Gasteiger partial charge in [-0.3, -0.25) is 0 Å². The monoisotopic (exact) mass is 282 g/mol. The average Bonchev–Trinajstić information content (AvgIpc) is 1.25. The van der Waals surface area contributed by atoms with E-state index in [4.69, 9.17) is 25.1 Å². The molecule has 0 spiro atoms. The molecule has 6 nitrogen and oxygen atoms in total. The summed E-state index contributed by atoms with van der Waals surface area (Å²) in [6.45, 7) is 0. The molecule has 0 aromatic carbocycles. The fraction of sp³-hybridized carbons (Fsp3) is 0. The molecule has 0 aliphatic heterocycles. The van der Waals surface area contributed by atoms with Crippen LogP contribution in [0.4, 0.5) is 0 Å². The van der Waals surface area contributed by atoms with Crippen LogP contribution in [0, 0.1) is 0 Å². The molecule has 0 bridgehead atoms. The third kappa shape index (κ3) is 151. The Kier molecular flexibility index (Phi) is 24.4. The molecule has 0 aliphatic rings. The van der Waals surface area contributed by atoms with Gasteiger partial charge >= 0.3 is 89.1 Å². The van der Waals surface area contributed by atoms with E-state index in [9.17, 15) is 0 Å². The molecule has 0 heterocycles. The third-order valence-corrected chi connectivity index (χ3v) is 0. The first-order valence-corrected chi connectivity index (χ1v) is 4.34. The van der Waals surface area contributed by atoms with Crippen LogP contribution in [0.3, 0.4) is 0 Å². The van der Waals surface area contributed by atoms with E-state index >= 15 is 0 Å². The zero-order chi connectivity index (χ0) is 7.15. The number of hydrogen-bond donors (Lipinski definition) is 5. The van der Waals surface area contributed by atoms with Gasteiger partial charge in [0.2, 0.25) is 0 Å². The Morgan fingerprint density at radius 3 is 1.22 bits per heavy atom. The molecule has 0 fully saturated rings. The SMILES string of the molecule is O=[Te](O)O.OB(O)O.[H-].[K+]. The Balaban J connectivity index is -0.0000000300. The van der Waals surface area contributed by atoms with Crippen molar-refractivity contribution in [2.45, 2.75) is 0 Å². The van der Waals surface area contributed by atoms with Crippen molar-refractivity contribution < 1.29 is 77.9 Å². The second-order valence-electron chi connectivity index (χ2n) is 0.577. The molecule has 0 rings (SSSR count). The maximum Gasteiger partial charge on any atom is 1.00 e. The first-order chi connectivity index (χ1) is 3.46. The van der Waals surface area contributed by atoms with Gasteiger partial charge in [0.25, 0.3) is 0 Å². The number of hydrogen-bond acceptors (Lipinski definition) is 4. The largest absolute Gasteiger partial charge is 1.00 e. The molecular weight excluding hydrogens is 274 g/mol. The molecule has 0 unspecified atom stereocenters. The summed E-state index contributed by atoms with van der Waals surface area (Å²) in [4.78, 5) is 0. The summed E-state index contributed by atoms with van der Waals surface area (Å²) in [5, 5.41) is 21.5. The molecule has 9 heavy (non-hydrogen) atoms. The van der Waals surface area contributed by atoms with Gasteiger partial charge in [-0.1, -0.05) is 0 Å². The van der Waals surface area contributed by atoms with Crippen molar-refractivity contribution in [3.63, 3.8) is 0 Å². The fourth-order valence-electron chi connectivity index (χ4n) is 0. The van der Waals surface area contributed by atoms with Crippen molar-refractivity contribution in [2.24, 2.45) is 0 Å². The minimum Gasteiger partial charge on any atom is -1.00 e. The summed E-state index contributed by atoms with van der Waals surface area (Å²) in [7, 11) is -2.17. The van der Waals surface area contributed by atoms with Crippen molar-refractivity contribution in [1.29, 1.82) is 0 Å². The van der Waals surface area contributed by atoms with Gasteiger partial charge in [-0.2, -0.15) is 0 Å². The van der Waals surface area contributed by atoms with Gasteiger partial charge in [0.1, 0.15) is 0 Å². The second-order valence-corrected chi connectivity index (χ2v) is 1.89. The van der Waals surface area contributed by atoms with E-state index in [0.717, 1.165) is 0 Å². The van der Waals surface area contributed by atoms with E-state index in [2.05, 4.69) is 0 Å². The smallest absolute Gasteiger partial charge is 1.00 e. The van der Waals surface area contributed by atoms with Gasteiger partial charge in [0, 0.05) is 0 Å². The molecule has 0 aliphatic carbocycles. The Labute approximate surface area is 104 Å². The zero-order valence-corrected chi connectivity index (χ0v) is 10.1. The van der Waals surface area contributed by atoms with Crippen LogP contribution in [0.25, 0.3) is 0 Å². The summed E-state index contributed by atoms with van der Waals surface area (Å²) in [6.07, 6.45) is 0. The Morgan fingerprint density at radius 1 is 1.22 bits per heavy atom. The fourth-order valence-corrected chi connectivity index (χ4v) is 0. The van der Waals surface area contributed by atoms with E-state index in [1.165, 1.54) is 0 Å². The van der Waals surface area contributed by atoms with E-state index in [-0.39, 0.29) is 52.8 Å². The normalized spacial score (nSPS) is 6.89. The van der Waals surface area contributed by atoms with E-state index in [0.29, 0.717) is 0 Å². The van der Waals surface area contributed by atoms with Gasteiger partial charge in [-0.15, -0.1) is 0 Å². The predicted molar refractivity (Wildman–Crippen MR) is 24.4 cm³/mol. The zero-order valence-electron chi connectivity index (χ0n) is 5.63. The van der Waals surface area contributed by atoms with Crippen LogP contribution in [0.2, 0.25) is 0 Å². The van der Waals surface area contributed by atoms with Gasteiger partial charge < -0.3 is 16.5 Å². The number of rotatable bonds is 0. The van der Waals surface area contributed by atoms with Crippen LogP contribution in [0.5, 0.6) is 0 Å². The second kappa shape index (κ2) is 12.7. The van der Waals surface area contributed by atoms with E-state index < -0.39 is 27.7 Å². The molecule has 0 saturated heterocycles. The van der Waals surface area contributed by atoms with Crippen LogP contribution >= 0.6 is 0 Å². The Hall–Kier alpha value is 2.09. The summed E-state index contributed by atoms with van der Waals surface area (Å²) in [5.74, 6) is 0. The average molecular weight is 280 g/mol. The molecule has 0 aromatic heterocycles. The third-order valence-electron chi connectivity index (χ3n) is 0. The van der Waals surface area contributed by atoms with Gasteiger partial charge in [-0.25, -0.2) is 0 Å². The first-order valence-electron chi connectivity index (χ1n) is 1.31. The van der Waals surface area contributed by atoms with E-state index in [1.54, 1.807) is 0 Å². The Bertz CT molecular complexity index is 62.0. The maximum atomic E-state index is 8.81. The van der Waals surface area contributed by atoms with Crippen molar-refractivity contribution in [2.75, 3.05) is 0 Å². The molecule has 0 aromatic rings. The van der Waals surface area contributed by atoms with E-state index in [1.807, 2.05) is 0 Å². The minimum absolute atomic E-state index is 0. The summed E-state index contributed by atoms with van der Waals surface area (Å²) in [6, 6.07) is 0. The predicted octanol–water partition coefficient (Wildman–Crippen LogP) is -6.55. The molecule has 9 heteroatoms. The Morgan fingerprint density at radius 2 is 1.22 bits per heavy atom. The molecule has 0 radical (unpaired) electrons. The first kappa shape index (κ1) is 17.3. The standard InChI is InChI=1S/BH3O3.K.H2O3Te.H/c2-1(3)4;;1-4(2)3;/h2-4H;;(H2,1,2,3);/q;+1;;-1. The maximum absolute atomic E-state index is 8.81. The van der Waals surface area contributed by atoms with Crippen molar-refractivity contribution >= 4 is 27.7 Å². The van der Waals surface area contributed by atoms with Crippen molar-refractivity contribution in [1.82, 2.24) is 0 Å². The molecule has 0 saturated carbocycles. The molecule has 52 valence electrons. The van der Waals surface area contributed by atoms with Gasteiger partial charge in [-0.05, 0) is 0 Å². The van der Waals surface area contributed by atoms with Crippen LogP contribution in [-0.2, 0) is 3.10 Å². The van der Waals surface area contributed by atoms with Crippen LogP contribution in [0.15, 0.2) is 0 Å². The molecule has 0 atom stereocenters. The van der Waals surface area contributed by atoms with Crippen LogP contribution in [0.1, 0.15) is 1.43 Å². The summed E-state index contributed by atoms with van der Waals surface area (Å²) < 4.78 is 23.3. The minimum atomic E-state index is -3.61. The molecule has 5 N–H and O–H groups in total. The summed E-state index contributed by atoms with van der Waals surface area (Å²) >= 11 is -3.61. The molecular formula is H6BKO6Te. The van der Waals surface area contributed by atoms with Gasteiger partial charge in [0.15, 0.2) is 0 Å². The van der Waals surface area contributed by atoms with Crippen molar-refractivity contribution in [3.05, 3.63) is 0 Å². The van der Waals surface area contributed by atoms with Gasteiger partial charge in [0.05, 0.1) is 0 Å². The van der Waals surface area contributed by atoms with Crippen LogP contribution in [-0.4, -0.2) is 49.7 Å². The summed E-state index contributed by atoms with van der Waals surface area (Å²) in [5.41, 5.74) is 0. The topological polar surface area (TPSA) is 118 Å².